The van der Waals surface area contributed by atoms with E-state index >= 15 is 0 Å². The zero-order valence-corrected chi connectivity index (χ0v) is 11.7. The first-order valence-corrected chi connectivity index (χ1v) is 6.79. The quantitative estimate of drug-likeness (QED) is 0.847. The lowest BCUT2D eigenvalue weighted by Crippen LogP contribution is -2.34. The standard InChI is InChI=1S/C15H17F2NO3/c1-9(11-3-2-10(16)7-12(11)17)6-13(19)18-8-15(4-5-15)14(20)21/h2-3,7,9H,4-6,8H2,1H3,(H,18,19)(H,20,21). The Morgan fingerprint density at radius 1 is 1.38 bits per heavy atom. The number of carboxylic acids is 1. The van der Waals surface area contributed by atoms with Gasteiger partial charge in [0.1, 0.15) is 11.6 Å². The Hall–Kier alpha value is -1.98. The summed E-state index contributed by atoms with van der Waals surface area (Å²) in [5, 5.41) is 11.6. The van der Waals surface area contributed by atoms with Gasteiger partial charge in [0.05, 0.1) is 5.41 Å². The Morgan fingerprint density at radius 2 is 2.05 bits per heavy atom. The van der Waals surface area contributed by atoms with E-state index in [0.29, 0.717) is 12.8 Å². The summed E-state index contributed by atoms with van der Waals surface area (Å²) in [6.45, 7) is 1.76. The van der Waals surface area contributed by atoms with Crippen LogP contribution in [0.15, 0.2) is 18.2 Å². The summed E-state index contributed by atoms with van der Waals surface area (Å²) in [4.78, 5) is 22.8. The Bertz CT molecular complexity index is 570. The van der Waals surface area contributed by atoms with Crippen LogP contribution in [-0.2, 0) is 9.59 Å². The largest absolute Gasteiger partial charge is 0.481 e. The molecule has 21 heavy (non-hydrogen) atoms. The lowest BCUT2D eigenvalue weighted by Gasteiger charge is -2.15. The second-order valence-corrected chi connectivity index (χ2v) is 5.63. The van der Waals surface area contributed by atoms with Crippen LogP contribution in [0.4, 0.5) is 8.78 Å². The minimum atomic E-state index is -0.902. The molecule has 0 radical (unpaired) electrons. The minimum absolute atomic E-state index is 0.0260. The molecule has 1 amide bonds. The molecule has 2 N–H and O–H groups in total. The summed E-state index contributed by atoms with van der Waals surface area (Å²) < 4.78 is 26.4. The second-order valence-electron chi connectivity index (χ2n) is 5.63. The average Bonchev–Trinajstić information content (AvgIpc) is 3.17. The third-order valence-corrected chi connectivity index (χ3v) is 3.92. The normalized spacial score (nSPS) is 17.1. The number of carboxylic acid groups (broad SMARTS) is 1. The van der Waals surface area contributed by atoms with Crippen LogP contribution in [0.25, 0.3) is 0 Å². The van der Waals surface area contributed by atoms with Gasteiger partial charge in [0.15, 0.2) is 0 Å². The number of carbonyl (C=O) groups is 2. The lowest BCUT2D eigenvalue weighted by molar-refractivity contribution is -0.143. The SMILES string of the molecule is CC(CC(=O)NCC1(C(=O)O)CC1)c1ccc(F)cc1F. The molecule has 0 aromatic heterocycles. The molecular formula is C15H17F2NO3. The Morgan fingerprint density at radius 3 is 2.57 bits per heavy atom. The monoisotopic (exact) mass is 297 g/mol. The first-order valence-electron chi connectivity index (χ1n) is 6.79. The van der Waals surface area contributed by atoms with Gasteiger partial charge in [0, 0.05) is 19.0 Å². The number of benzene rings is 1. The molecule has 0 aliphatic heterocycles. The van der Waals surface area contributed by atoms with Crippen molar-refractivity contribution >= 4 is 11.9 Å². The highest BCUT2D eigenvalue weighted by Gasteiger charge is 2.50. The molecular weight excluding hydrogens is 280 g/mol. The molecule has 1 unspecified atom stereocenters. The molecule has 1 atom stereocenters. The van der Waals surface area contributed by atoms with E-state index in [1.54, 1.807) is 6.92 Å². The van der Waals surface area contributed by atoms with Gasteiger partial charge in [-0.25, -0.2) is 8.78 Å². The maximum atomic E-state index is 13.6. The highest BCUT2D eigenvalue weighted by molar-refractivity contribution is 5.81. The van der Waals surface area contributed by atoms with E-state index in [9.17, 15) is 18.4 Å². The van der Waals surface area contributed by atoms with Gasteiger partial charge in [-0.1, -0.05) is 13.0 Å². The number of carbonyl (C=O) groups excluding carboxylic acids is 1. The number of aliphatic carboxylic acids is 1. The Labute approximate surface area is 121 Å². The number of rotatable bonds is 6. The summed E-state index contributed by atoms with van der Waals surface area (Å²) in [6.07, 6.45) is 1.15. The first kappa shape index (κ1) is 15.4. The van der Waals surface area contributed by atoms with Crippen molar-refractivity contribution in [3.63, 3.8) is 0 Å². The minimum Gasteiger partial charge on any atom is -0.481 e. The van der Waals surface area contributed by atoms with Crippen LogP contribution < -0.4 is 5.32 Å². The van der Waals surface area contributed by atoms with Crippen LogP contribution in [0, 0.1) is 17.0 Å². The molecule has 0 heterocycles. The van der Waals surface area contributed by atoms with Crippen molar-refractivity contribution in [1.29, 1.82) is 0 Å². The van der Waals surface area contributed by atoms with Crippen molar-refractivity contribution in [2.24, 2.45) is 5.41 Å². The van der Waals surface area contributed by atoms with E-state index in [2.05, 4.69) is 5.32 Å². The molecule has 1 aliphatic rings. The molecule has 1 aliphatic carbocycles. The molecule has 1 fully saturated rings. The molecule has 6 heteroatoms. The second kappa shape index (κ2) is 5.79. The molecule has 1 saturated carbocycles. The summed E-state index contributed by atoms with van der Waals surface area (Å²) in [7, 11) is 0. The molecule has 1 aromatic carbocycles. The van der Waals surface area contributed by atoms with Crippen LogP contribution in [-0.4, -0.2) is 23.5 Å². The van der Waals surface area contributed by atoms with Crippen molar-refractivity contribution in [3.05, 3.63) is 35.4 Å². The van der Waals surface area contributed by atoms with E-state index in [1.165, 1.54) is 6.07 Å². The molecule has 0 bridgehead atoms. The van der Waals surface area contributed by atoms with E-state index in [-0.39, 0.29) is 24.4 Å². The van der Waals surface area contributed by atoms with Crippen molar-refractivity contribution < 1.29 is 23.5 Å². The van der Waals surface area contributed by atoms with Crippen molar-refractivity contribution in [2.75, 3.05) is 6.54 Å². The Balaban J connectivity index is 1.89. The van der Waals surface area contributed by atoms with Gasteiger partial charge in [-0.05, 0) is 30.4 Å². The number of hydrogen-bond donors (Lipinski definition) is 2. The highest BCUT2D eigenvalue weighted by Crippen LogP contribution is 2.45. The maximum absolute atomic E-state index is 13.6. The molecule has 2 rings (SSSR count). The van der Waals surface area contributed by atoms with Crippen molar-refractivity contribution in [1.82, 2.24) is 5.32 Å². The Kier molecular flexibility index (Phi) is 4.25. The number of amides is 1. The highest BCUT2D eigenvalue weighted by atomic mass is 19.1. The van der Waals surface area contributed by atoms with Crippen LogP contribution in [0.5, 0.6) is 0 Å². The molecule has 1 aromatic rings. The van der Waals surface area contributed by atoms with Crippen molar-refractivity contribution in [3.8, 4) is 0 Å². The zero-order valence-electron chi connectivity index (χ0n) is 11.7. The van der Waals surface area contributed by atoms with E-state index in [1.807, 2.05) is 0 Å². The number of nitrogens with one attached hydrogen (secondary N) is 1. The third-order valence-electron chi connectivity index (χ3n) is 3.92. The van der Waals surface area contributed by atoms with Crippen LogP contribution in [0.2, 0.25) is 0 Å². The molecule has 0 saturated heterocycles. The number of hydrogen-bond acceptors (Lipinski definition) is 2. The van der Waals surface area contributed by atoms with Gasteiger partial charge in [-0.3, -0.25) is 9.59 Å². The molecule has 0 spiro atoms. The summed E-state index contributed by atoms with van der Waals surface area (Å²) in [5.41, 5.74) is -0.550. The average molecular weight is 297 g/mol. The van der Waals surface area contributed by atoms with Gasteiger partial charge >= 0.3 is 5.97 Å². The van der Waals surface area contributed by atoms with Gasteiger partial charge < -0.3 is 10.4 Å². The summed E-state index contributed by atoms with van der Waals surface area (Å²) in [5.74, 6) is -2.99. The van der Waals surface area contributed by atoms with Gasteiger partial charge in [-0.15, -0.1) is 0 Å². The van der Waals surface area contributed by atoms with Crippen LogP contribution >= 0.6 is 0 Å². The molecule has 4 nitrogen and oxygen atoms in total. The fraction of sp³-hybridized carbons (Fsp3) is 0.467. The predicted octanol–water partition coefficient (Wildman–Crippen LogP) is 2.44. The molecule has 114 valence electrons. The first-order chi connectivity index (χ1) is 9.84. The van der Waals surface area contributed by atoms with Gasteiger partial charge in [0.2, 0.25) is 5.91 Å². The number of halogens is 2. The topological polar surface area (TPSA) is 66.4 Å². The summed E-state index contributed by atoms with van der Waals surface area (Å²) >= 11 is 0. The van der Waals surface area contributed by atoms with Gasteiger partial charge in [-0.2, -0.15) is 0 Å². The van der Waals surface area contributed by atoms with E-state index in [0.717, 1.165) is 12.1 Å². The maximum Gasteiger partial charge on any atom is 0.311 e. The van der Waals surface area contributed by atoms with E-state index in [4.69, 9.17) is 5.11 Å². The lowest BCUT2D eigenvalue weighted by atomic mass is 9.96. The van der Waals surface area contributed by atoms with Crippen LogP contribution in [0.3, 0.4) is 0 Å². The third kappa shape index (κ3) is 3.56. The smallest absolute Gasteiger partial charge is 0.311 e. The fourth-order valence-corrected chi connectivity index (χ4v) is 2.25. The van der Waals surface area contributed by atoms with Gasteiger partial charge in [0.25, 0.3) is 0 Å². The zero-order chi connectivity index (χ0) is 15.6. The fourth-order valence-electron chi connectivity index (χ4n) is 2.25. The predicted molar refractivity (Wildman–Crippen MR) is 71.7 cm³/mol. The van der Waals surface area contributed by atoms with Crippen molar-refractivity contribution in [2.45, 2.75) is 32.1 Å². The van der Waals surface area contributed by atoms with E-state index < -0.39 is 28.9 Å². The van der Waals surface area contributed by atoms with Crippen LogP contribution in [0.1, 0.15) is 37.7 Å². The summed E-state index contributed by atoms with van der Waals surface area (Å²) in [6, 6.07) is 3.26.